The standard InChI is InChI=1S/C23H27NO6/c1-5-7-8-11-14-22-15-12-9-10-13-16(15)23(24-22,21(27)30-6-2)18(20(26)29-4)17(22)19(25)28-3/h5,9-10,12-13,24H,1,6-8,11,14H2,2-4H3/t22-,23+/m1/s1. The van der Waals surface area contributed by atoms with Crippen molar-refractivity contribution in [2.75, 3.05) is 20.8 Å². The number of benzene rings is 1. The van der Waals surface area contributed by atoms with E-state index in [9.17, 15) is 14.4 Å². The molecule has 2 aliphatic rings. The number of hydrogen-bond donors (Lipinski definition) is 1. The summed E-state index contributed by atoms with van der Waals surface area (Å²) < 4.78 is 15.4. The van der Waals surface area contributed by atoms with Crippen LogP contribution in [0.25, 0.3) is 0 Å². The summed E-state index contributed by atoms with van der Waals surface area (Å²) >= 11 is 0. The Morgan fingerprint density at radius 3 is 2.27 bits per heavy atom. The van der Waals surface area contributed by atoms with Gasteiger partial charge in [-0.25, -0.2) is 14.4 Å². The van der Waals surface area contributed by atoms with Crippen LogP contribution in [0.15, 0.2) is 48.1 Å². The number of fused-ring (bicyclic) bond motifs is 5. The van der Waals surface area contributed by atoms with E-state index < -0.39 is 29.0 Å². The fraction of sp³-hybridized carbons (Fsp3) is 0.435. The van der Waals surface area contributed by atoms with Crippen LogP contribution in [0, 0.1) is 0 Å². The number of hydrogen-bond acceptors (Lipinski definition) is 7. The average molecular weight is 413 g/mol. The SMILES string of the molecule is C=CCCCC[C@]12N[C@](C(=O)OCC)(C(C(=O)OC)=C1C(=O)OC)c1ccccc12. The van der Waals surface area contributed by atoms with Gasteiger partial charge in [-0.05, 0) is 37.3 Å². The zero-order chi connectivity index (χ0) is 21.9. The highest BCUT2D eigenvalue weighted by molar-refractivity contribution is 6.12. The average Bonchev–Trinajstić information content (AvgIpc) is 3.24. The maximum absolute atomic E-state index is 13.3. The first-order chi connectivity index (χ1) is 14.4. The highest BCUT2D eigenvalue weighted by atomic mass is 16.5. The first-order valence-corrected chi connectivity index (χ1v) is 10.0. The molecule has 0 spiro atoms. The zero-order valence-electron chi connectivity index (χ0n) is 17.6. The van der Waals surface area contributed by atoms with Gasteiger partial charge in [-0.1, -0.05) is 36.8 Å². The fourth-order valence-electron chi connectivity index (χ4n) is 4.67. The second-order valence-electron chi connectivity index (χ2n) is 7.31. The highest BCUT2D eigenvalue weighted by Crippen LogP contribution is 2.59. The molecule has 0 saturated heterocycles. The second kappa shape index (κ2) is 8.44. The Bertz CT molecular complexity index is 920. The molecule has 0 radical (unpaired) electrons. The molecular formula is C23H27NO6. The first kappa shape index (κ1) is 21.8. The van der Waals surface area contributed by atoms with Gasteiger partial charge in [-0.15, -0.1) is 6.58 Å². The summed E-state index contributed by atoms with van der Waals surface area (Å²) in [4.78, 5) is 39.2. The van der Waals surface area contributed by atoms with E-state index in [1.165, 1.54) is 14.2 Å². The molecule has 2 bridgehead atoms. The molecule has 2 heterocycles. The van der Waals surface area contributed by atoms with Gasteiger partial charge < -0.3 is 14.2 Å². The number of ether oxygens (including phenoxy) is 3. The topological polar surface area (TPSA) is 90.9 Å². The van der Waals surface area contributed by atoms with Crippen LogP contribution >= 0.6 is 0 Å². The molecule has 0 aromatic heterocycles. The van der Waals surface area contributed by atoms with E-state index in [0.717, 1.165) is 24.8 Å². The molecule has 0 fully saturated rings. The molecule has 3 rings (SSSR count). The van der Waals surface area contributed by atoms with Crippen LogP contribution in [0.3, 0.4) is 0 Å². The van der Waals surface area contributed by atoms with E-state index in [-0.39, 0.29) is 17.8 Å². The van der Waals surface area contributed by atoms with Crippen molar-refractivity contribution in [1.82, 2.24) is 5.32 Å². The van der Waals surface area contributed by atoms with Gasteiger partial charge in [-0.2, -0.15) is 0 Å². The lowest BCUT2D eigenvalue weighted by atomic mass is 9.70. The quantitative estimate of drug-likeness (QED) is 0.288. The van der Waals surface area contributed by atoms with Crippen molar-refractivity contribution in [3.05, 3.63) is 59.2 Å². The van der Waals surface area contributed by atoms with Crippen LogP contribution < -0.4 is 5.32 Å². The normalized spacial score (nSPS) is 23.7. The van der Waals surface area contributed by atoms with Crippen molar-refractivity contribution < 1.29 is 28.6 Å². The Hall–Kier alpha value is -2.93. The summed E-state index contributed by atoms with van der Waals surface area (Å²) in [5.74, 6) is -2.09. The van der Waals surface area contributed by atoms with Crippen LogP contribution in [0.4, 0.5) is 0 Å². The number of unbranched alkanes of at least 4 members (excludes halogenated alkanes) is 2. The Morgan fingerprint density at radius 1 is 1.03 bits per heavy atom. The highest BCUT2D eigenvalue weighted by Gasteiger charge is 2.69. The molecule has 1 aromatic rings. The van der Waals surface area contributed by atoms with E-state index in [1.54, 1.807) is 19.1 Å². The van der Waals surface area contributed by atoms with E-state index in [1.807, 2.05) is 18.2 Å². The Morgan fingerprint density at radius 2 is 1.67 bits per heavy atom. The third-order valence-corrected chi connectivity index (χ3v) is 5.81. The lowest BCUT2D eigenvalue weighted by Crippen LogP contribution is -2.50. The fourth-order valence-corrected chi connectivity index (χ4v) is 4.67. The molecule has 2 atom stereocenters. The summed E-state index contributed by atoms with van der Waals surface area (Å²) in [5, 5.41) is 3.34. The lowest BCUT2D eigenvalue weighted by molar-refractivity contribution is -0.152. The van der Waals surface area contributed by atoms with Gasteiger partial charge in [0, 0.05) is 0 Å². The molecule has 7 heteroatoms. The molecule has 0 unspecified atom stereocenters. The van der Waals surface area contributed by atoms with Gasteiger partial charge in [0.25, 0.3) is 0 Å². The summed E-state index contributed by atoms with van der Waals surface area (Å²) in [6.45, 7) is 5.56. The van der Waals surface area contributed by atoms with E-state index in [2.05, 4.69) is 11.9 Å². The Kier molecular flexibility index (Phi) is 6.12. The van der Waals surface area contributed by atoms with Crippen LogP contribution in [-0.2, 0) is 39.7 Å². The van der Waals surface area contributed by atoms with Crippen molar-refractivity contribution in [3.8, 4) is 0 Å². The largest absolute Gasteiger partial charge is 0.466 e. The minimum Gasteiger partial charge on any atom is -0.466 e. The molecule has 0 aliphatic carbocycles. The van der Waals surface area contributed by atoms with E-state index in [0.29, 0.717) is 12.0 Å². The zero-order valence-corrected chi connectivity index (χ0v) is 17.6. The van der Waals surface area contributed by atoms with Crippen LogP contribution in [0.5, 0.6) is 0 Å². The van der Waals surface area contributed by atoms with E-state index >= 15 is 0 Å². The van der Waals surface area contributed by atoms with Crippen LogP contribution in [0.1, 0.15) is 43.7 Å². The lowest BCUT2D eigenvalue weighted by Gasteiger charge is -2.31. The summed E-state index contributed by atoms with van der Waals surface area (Å²) in [5.41, 5.74) is -1.26. The van der Waals surface area contributed by atoms with Crippen LogP contribution in [0.2, 0.25) is 0 Å². The third-order valence-electron chi connectivity index (χ3n) is 5.81. The first-order valence-electron chi connectivity index (χ1n) is 10.0. The minimum atomic E-state index is -1.62. The molecule has 30 heavy (non-hydrogen) atoms. The van der Waals surface area contributed by atoms with Gasteiger partial charge in [-0.3, -0.25) is 5.32 Å². The molecule has 0 amide bonds. The minimum absolute atomic E-state index is 0.0577. The van der Waals surface area contributed by atoms with Crippen molar-refractivity contribution in [3.63, 3.8) is 0 Å². The maximum Gasteiger partial charge on any atom is 0.337 e. The predicted molar refractivity (Wildman–Crippen MR) is 109 cm³/mol. The molecule has 1 N–H and O–H groups in total. The van der Waals surface area contributed by atoms with Crippen molar-refractivity contribution >= 4 is 17.9 Å². The summed E-state index contributed by atoms with van der Waals surface area (Å²) in [6.07, 6.45) is 4.73. The summed E-state index contributed by atoms with van der Waals surface area (Å²) in [6, 6.07) is 7.29. The second-order valence-corrected chi connectivity index (χ2v) is 7.31. The smallest absolute Gasteiger partial charge is 0.337 e. The van der Waals surface area contributed by atoms with Gasteiger partial charge in [0.15, 0.2) is 5.54 Å². The number of allylic oxidation sites excluding steroid dienone is 1. The van der Waals surface area contributed by atoms with E-state index in [4.69, 9.17) is 14.2 Å². The molecule has 7 nitrogen and oxygen atoms in total. The molecule has 0 saturated carbocycles. The number of nitrogens with one attached hydrogen (secondary N) is 1. The predicted octanol–water partition coefficient (Wildman–Crippen LogP) is 2.65. The number of methoxy groups -OCH3 is 2. The molecule has 160 valence electrons. The monoisotopic (exact) mass is 413 g/mol. The number of esters is 3. The van der Waals surface area contributed by atoms with Crippen molar-refractivity contribution in [2.24, 2.45) is 0 Å². The third kappa shape index (κ3) is 2.96. The maximum atomic E-state index is 13.3. The molecule has 2 aliphatic heterocycles. The Labute approximate surface area is 176 Å². The van der Waals surface area contributed by atoms with Crippen molar-refractivity contribution in [2.45, 2.75) is 43.7 Å². The van der Waals surface area contributed by atoms with Crippen LogP contribution in [-0.4, -0.2) is 38.7 Å². The van der Waals surface area contributed by atoms with Gasteiger partial charge in [0.1, 0.15) is 0 Å². The van der Waals surface area contributed by atoms with Gasteiger partial charge in [0.05, 0.1) is 37.5 Å². The Balaban J connectivity index is 2.30. The van der Waals surface area contributed by atoms with Gasteiger partial charge >= 0.3 is 17.9 Å². The number of rotatable bonds is 9. The number of carbonyl (C=O) groups is 3. The van der Waals surface area contributed by atoms with Gasteiger partial charge in [0.2, 0.25) is 0 Å². The number of carbonyl (C=O) groups excluding carboxylic acids is 3. The molecule has 1 aromatic carbocycles. The summed E-state index contributed by atoms with van der Waals surface area (Å²) in [7, 11) is 2.47. The van der Waals surface area contributed by atoms with Crippen molar-refractivity contribution in [1.29, 1.82) is 0 Å². The molecular weight excluding hydrogens is 386 g/mol.